The largest absolute Gasteiger partial charge is 0.463 e. The Labute approximate surface area is 123 Å². The van der Waals surface area contributed by atoms with Crippen molar-refractivity contribution in [2.75, 3.05) is 0 Å². The van der Waals surface area contributed by atoms with Crippen LogP contribution < -0.4 is 0 Å². The van der Waals surface area contributed by atoms with Gasteiger partial charge in [-0.15, -0.1) is 0 Å². The third-order valence-electron chi connectivity index (χ3n) is 3.78. The summed E-state index contributed by atoms with van der Waals surface area (Å²) in [6.07, 6.45) is 6.20. The molecular formula is C18H28O2. The van der Waals surface area contributed by atoms with Crippen molar-refractivity contribution in [3.63, 3.8) is 0 Å². The van der Waals surface area contributed by atoms with E-state index in [1.807, 2.05) is 13.8 Å². The third-order valence-corrected chi connectivity index (χ3v) is 3.78. The summed E-state index contributed by atoms with van der Waals surface area (Å²) < 4.78 is 5.36. The predicted molar refractivity (Wildman–Crippen MR) is 83.6 cm³/mol. The van der Waals surface area contributed by atoms with Gasteiger partial charge in [0, 0.05) is 6.42 Å². The van der Waals surface area contributed by atoms with Gasteiger partial charge in [0.2, 0.25) is 0 Å². The van der Waals surface area contributed by atoms with Crippen LogP contribution in [0.3, 0.4) is 0 Å². The molecule has 0 bridgehead atoms. The monoisotopic (exact) mass is 276 g/mol. The van der Waals surface area contributed by atoms with Crippen molar-refractivity contribution >= 4 is 5.97 Å². The van der Waals surface area contributed by atoms with Crippen molar-refractivity contribution in [2.45, 2.75) is 65.4 Å². The van der Waals surface area contributed by atoms with Crippen LogP contribution in [-0.4, -0.2) is 12.1 Å². The van der Waals surface area contributed by atoms with Crippen molar-refractivity contribution in [3.05, 3.63) is 35.9 Å². The van der Waals surface area contributed by atoms with E-state index in [1.54, 1.807) is 0 Å². The Morgan fingerprint density at radius 1 is 1.20 bits per heavy atom. The van der Waals surface area contributed by atoms with E-state index in [0.717, 1.165) is 19.3 Å². The van der Waals surface area contributed by atoms with E-state index in [9.17, 15) is 4.79 Å². The SMILES string of the molecule is CCC(=O)OC(C)CC(CC)CCCc1ccccc1. The molecule has 1 rings (SSSR count). The van der Waals surface area contributed by atoms with Crippen LogP contribution in [0.2, 0.25) is 0 Å². The van der Waals surface area contributed by atoms with Gasteiger partial charge in [0.05, 0.1) is 6.10 Å². The molecule has 2 unspecified atom stereocenters. The summed E-state index contributed by atoms with van der Waals surface area (Å²) in [4.78, 5) is 11.3. The second kappa shape index (κ2) is 9.57. The Balaban J connectivity index is 2.27. The van der Waals surface area contributed by atoms with Gasteiger partial charge in [-0.3, -0.25) is 4.79 Å². The Hall–Kier alpha value is -1.31. The first-order chi connectivity index (χ1) is 9.65. The average molecular weight is 276 g/mol. The van der Waals surface area contributed by atoms with Crippen molar-refractivity contribution in [1.29, 1.82) is 0 Å². The van der Waals surface area contributed by atoms with E-state index in [-0.39, 0.29) is 12.1 Å². The lowest BCUT2D eigenvalue weighted by Crippen LogP contribution is -2.18. The van der Waals surface area contributed by atoms with Gasteiger partial charge in [-0.05, 0) is 37.7 Å². The van der Waals surface area contributed by atoms with Gasteiger partial charge in [-0.2, -0.15) is 0 Å². The minimum Gasteiger partial charge on any atom is -0.463 e. The topological polar surface area (TPSA) is 26.3 Å². The zero-order valence-corrected chi connectivity index (χ0v) is 13.1. The Bertz CT molecular complexity index is 372. The maximum Gasteiger partial charge on any atom is 0.305 e. The summed E-state index contributed by atoms with van der Waals surface area (Å²) in [5.74, 6) is 0.565. The zero-order valence-electron chi connectivity index (χ0n) is 13.1. The number of ether oxygens (including phenoxy) is 1. The molecule has 2 heteroatoms. The first-order valence-corrected chi connectivity index (χ1v) is 7.89. The molecule has 0 amide bonds. The summed E-state index contributed by atoms with van der Waals surface area (Å²) >= 11 is 0. The normalized spacial score (nSPS) is 13.8. The quantitative estimate of drug-likeness (QED) is 0.607. The molecule has 112 valence electrons. The van der Waals surface area contributed by atoms with Gasteiger partial charge < -0.3 is 4.74 Å². The standard InChI is InChI=1S/C18H28O2/c1-4-16(14-15(3)20-18(19)5-2)12-9-13-17-10-7-6-8-11-17/h6-8,10-11,15-16H,4-5,9,12-14H2,1-3H3. The third kappa shape index (κ3) is 6.74. The zero-order chi connectivity index (χ0) is 14.8. The number of benzene rings is 1. The smallest absolute Gasteiger partial charge is 0.305 e. The molecule has 0 spiro atoms. The second-order valence-electron chi connectivity index (χ2n) is 5.54. The predicted octanol–water partition coefficient (Wildman–Crippen LogP) is 4.77. The number of rotatable bonds is 9. The molecular weight excluding hydrogens is 248 g/mol. The van der Waals surface area contributed by atoms with Gasteiger partial charge in [0.25, 0.3) is 0 Å². The van der Waals surface area contributed by atoms with E-state index in [2.05, 4.69) is 37.3 Å². The molecule has 0 aliphatic rings. The highest BCUT2D eigenvalue weighted by molar-refractivity contribution is 5.69. The minimum atomic E-state index is -0.0864. The first-order valence-electron chi connectivity index (χ1n) is 7.89. The van der Waals surface area contributed by atoms with Gasteiger partial charge in [0.1, 0.15) is 0 Å². The minimum absolute atomic E-state index is 0.0455. The fraction of sp³-hybridized carbons (Fsp3) is 0.611. The van der Waals surface area contributed by atoms with E-state index in [4.69, 9.17) is 4.74 Å². The van der Waals surface area contributed by atoms with Crippen molar-refractivity contribution in [3.8, 4) is 0 Å². The number of hydrogen-bond donors (Lipinski definition) is 0. The summed E-state index contributed by atoms with van der Waals surface area (Å²) in [6.45, 7) is 6.07. The van der Waals surface area contributed by atoms with E-state index >= 15 is 0 Å². The molecule has 1 aromatic carbocycles. The highest BCUT2D eigenvalue weighted by Crippen LogP contribution is 2.20. The molecule has 0 radical (unpaired) electrons. The van der Waals surface area contributed by atoms with Crippen molar-refractivity contribution in [1.82, 2.24) is 0 Å². The molecule has 0 saturated heterocycles. The van der Waals surface area contributed by atoms with Gasteiger partial charge in [-0.1, -0.05) is 57.0 Å². The molecule has 0 aliphatic heterocycles. The molecule has 0 N–H and O–H groups in total. The Morgan fingerprint density at radius 3 is 2.50 bits per heavy atom. The van der Waals surface area contributed by atoms with Crippen LogP contribution in [0.25, 0.3) is 0 Å². The highest BCUT2D eigenvalue weighted by atomic mass is 16.5. The molecule has 0 aliphatic carbocycles. The molecule has 20 heavy (non-hydrogen) atoms. The van der Waals surface area contributed by atoms with Crippen LogP contribution in [0.5, 0.6) is 0 Å². The second-order valence-corrected chi connectivity index (χ2v) is 5.54. The lowest BCUT2D eigenvalue weighted by molar-refractivity contribution is -0.148. The number of carbonyl (C=O) groups is 1. The molecule has 0 saturated carbocycles. The van der Waals surface area contributed by atoms with E-state index in [1.165, 1.54) is 18.4 Å². The number of aryl methyl sites for hydroxylation is 1. The lowest BCUT2D eigenvalue weighted by atomic mass is 9.92. The number of carbonyl (C=O) groups excluding carboxylic acids is 1. The summed E-state index contributed by atoms with van der Waals surface area (Å²) in [7, 11) is 0. The average Bonchev–Trinajstić information content (AvgIpc) is 2.47. The van der Waals surface area contributed by atoms with Crippen molar-refractivity contribution in [2.24, 2.45) is 5.92 Å². The van der Waals surface area contributed by atoms with Gasteiger partial charge in [-0.25, -0.2) is 0 Å². The number of hydrogen-bond acceptors (Lipinski definition) is 2. The Morgan fingerprint density at radius 2 is 1.90 bits per heavy atom. The van der Waals surface area contributed by atoms with Crippen molar-refractivity contribution < 1.29 is 9.53 Å². The molecule has 1 aromatic rings. The summed E-state index contributed by atoms with van der Waals surface area (Å²) in [6, 6.07) is 10.6. The lowest BCUT2D eigenvalue weighted by Gasteiger charge is -2.20. The number of esters is 1. The maximum absolute atomic E-state index is 11.3. The fourth-order valence-electron chi connectivity index (χ4n) is 2.55. The maximum atomic E-state index is 11.3. The Kier molecular flexibility index (Phi) is 8.01. The van der Waals surface area contributed by atoms with Crippen LogP contribution in [-0.2, 0) is 16.0 Å². The highest BCUT2D eigenvalue weighted by Gasteiger charge is 2.14. The molecule has 2 atom stereocenters. The molecule has 0 fully saturated rings. The van der Waals surface area contributed by atoms with Gasteiger partial charge in [0.15, 0.2) is 0 Å². The first kappa shape index (κ1) is 16.7. The van der Waals surface area contributed by atoms with Crippen LogP contribution in [0.1, 0.15) is 58.4 Å². The molecule has 0 heterocycles. The molecule has 2 nitrogen and oxygen atoms in total. The summed E-state index contributed by atoms with van der Waals surface area (Å²) in [5.41, 5.74) is 1.41. The molecule has 0 aromatic heterocycles. The van der Waals surface area contributed by atoms with Crippen LogP contribution in [0.15, 0.2) is 30.3 Å². The summed E-state index contributed by atoms with van der Waals surface area (Å²) in [5, 5.41) is 0. The van der Waals surface area contributed by atoms with Crippen LogP contribution >= 0.6 is 0 Å². The van der Waals surface area contributed by atoms with Gasteiger partial charge >= 0.3 is 5.97 Å². The van der Waals surface area contributed by atoms with Crippen LogP contribution in [0, 0.1) is 5.92 Å². The van der Waals surface area contributed by atoms with E-state index in [0.29, 0.717) is 12.3 Å². The fourth-order valence-corrected chi connectivity index (χ4v) is 2.55. The van der Waals surface area contributed by atoms with Crippen LogP contribution in [0.4, 0.5) is 0 Å². The van der Waals surface area contributed by atoms with E-state index < -0.39 is 0 Å².